The van der Waals surface area contributed by atoms with Gasteiger partial charge in [-0.05, 0) is 48.9 Å². The Morgan fingerprint density at radius 2 is 1.69 bits per heavy atom. The number of carbonyl (C=O) groups excluding carboxylic acids is 1. The second-order valence-corrected chi connectivity index (χ2v) is 8.43. The van der Waals surface area contributed by atoms with Gasteiger partial charge in [-0.25, -0.2) is 8.42 Å². The van der Waals surface area contributed by atoms with E-state index in [1.54, 1.807) is 6.92 Å². The molecule has 1 N–H and O–H groups in total. The van der Waals surface area contributed by atoms with Crippen LogP contribution in [0.1, 0.15) is 21.5 Å². The molecule has 1 fully saturated rings. The van der Waals surface area contributed by atoms with Crippen LogP contribution in [-0.2, 0) is 20.9 Å². The van der Waals surface area contributed by atoms with Crippen molar-refractivity contribution in [2.24, 2.45) is 0 Å². The number of hydrogen-bond donors (Lipinski definition) is 1. The van der Waals surface area contributed by atoms with Gasteiger partial charge in [0, 0.05) is 24.3 Å². The van der Waals surface area contributed by atoms with Crippen molar-refractivity contribution in [3.05, 3.63) is 59.2 Å². The number of rotatable bonds is 4. The number of ether oxygens (including phenoxy) is 1. The molecule has 1 heterocycles. The molecule has 2 aromatic rings. The highest BCUT2D eigenvalue weighted by molar-refractivity contribution is 7.89. The van der Waals surface area contributed by atoms with Gasteiger partial charge in [-0.1, -0.05) is 6.07 Å². The third kappa shape index (κ3) is 4.77. The van der Waals surface area contributed by atoms with Crippen LogP contribution in [0.15, 0.2) is 47.4 Å². The number of hydrogen-bond acceptors (Lipinski definition) is 4. The van der Waals surface area contributed by atoms with E-state index < -0.39 is 27.7 Å². The first-order valence-electron chi connectivity index (χ1n) is 8.76. The lowest BCUT2D eigenvalue weighted by molar-refractivity contribution is -0.137. The van der Waals surface area contributed by atoms with Crippen molar-refractivity contribution in [2.75, 3.05) is 31.6 Å². The lowest BCUT2D eigenvalue weighted by Crippen LogP contribution is -2.40. The van der Waals surface area contributed by atoms with Crippen molar-refractivity contribution < 1.29 is 31.1 Å². The topological polar surface area (TPSA) is 75.7 Å². The van der Waals surface area contributed by atoms with Crippen molar-refractivity contribution in [1.29, 1.82) is 0 Å². The minimum Gasteiger partial charge on any atom is -0.379 e. The maximum atomic E-state index is 12.9. The highest BCUT2D eigenvalue weighted by Gasteiger charge is 2.30. The number of nitrogens with one attached hydrogen (secondary N) is 1. The average Bonchev–Trinajstić information content (AvgIpc) is 2.68. The molecule has 0 atom stereocenters. The van der Waals surface area contributed by atoms with Crippen molar-refractivity contribution >= 4 is 21.6 Å². The quantitative estimate of drug-likeness (QED) is 0.811. The number of halogens is 3. The number of nitrogens with zero attached hydrogens (tertiary/aromatic N) is 1. The highest BCUT2D eigenvalue weighted by Crippen LogP contribution is 2.30. The van der Waals surface area contributed by atoms with Gasteiger partial charge in [0.1, 0.15) is 0 Å². The summed E-state index contributed by atoms with van der Waals surface area (Å²) >= 11 is 0. The zero-order valence-electron chi connectivity index (χ0n) is 15.5. The van der Waals surface area contributed by atoms with Crippen LogP contribution in [0.5, 0.6) is 0 Å². The summed E-state index contributed by atoms with van der Waals surface area (Å²) in [5.41, 5.74) is -0.0872. The summed E-state index contributed by atoms with van der Waals surface area (Å²) in [4.78, 5) is 12.5. The van der Waals surface area contributed by atoms with Gasteiger partial charge in [0.15, 0.2) is 0 Å². The molecule has 10 heteroatoms. The molecule has 6 nitrogen and oxygen atoms in total. The van der Waals surface area contributed by atoms with Crippen LogP contribution in [-0.4, -0.2) is 44.9 Å². The Balaban J connectivity index is 1.82. The summed E-state index contributed by atoms with van der Waals surface area (Å²) in [6.45, 7) is 2.68. The SMILES string of the molecule is Cc1ccc(C(=O)Nc2ccc(C(F)(F)F)cc2)cc1S(=O)(=O)N1CCOCC1. The minimum absolute atomic E-state index is 0.0134. The Morgan fingerprint density at radius 3 is 2.28 bits per heavy atom. The zero-order valence-corrected chi connectivity index (χ0v) is 16.3. The predicted octanol–water partition coefficient (Wildman–Crippen LogP) is 3.29. The van der Waals surface area contributed by atoms with Crippen LogP contribution >= 0.6 is 0 Å². The highest BCUT2D eigenvalue weighted by atomic mass is 32.2. The fraction of sp³-hybridized carbons (Fsp3) is 0.316. The maximum absolute atomic E-state index is 12.9. The molecule has 29 heavy (non-hydrogen) atoms. The first-order chi connectivity index (χ1) is 13.6. The zero-order chi connectivity index (χ0) is 21.2. The van der Waals surface area contributed by atoms with E-state index in [-0.39, 0.29) is 29.2 Å². The van der Waals surface area contributed by atoms with E-state index in [0.717, 1.165) is 24.3 Å². The molecule has 0 unspecified atom stereocenters. The van der Waals surface area contributed by atoms with Gasteiger partial charge in [0.05, 0.1) is 23.7 Å². The van der Waals surface area contributed by atoms with E-state index in [4.69, 9.17) is 4.74 Å². The minimum atomic E-state index is -4.47. The van der Waals surface area contributed by atoms with Crippen LogP contribution < -0.4 is 5.32 Å². The van der Waals surface area contributed by atoms with Crippen LogP contribution in [0.2, 0.25) is 0 Å². The second kappa shape index (κ2) is 8.13. The largest absolute Gasteiger partial charge is 0.416 e. The Bertz CT molecular complexity index is 999. The molecular formula is C19H19F3N2O4S. The summed E-state index contributed by atoms with van der Waals surface area (Å²) in [5.74, 6) is -0.622. The van der Waals surface area contributed by atoms with Gasteiger partial charge in [-0.15, -0.1) is 0 Å². The Hall–Kier alpha value is -2.43. The van der Waals surface area contributed by atoms with Crippen molar-refractivity contribution in [3.8, 4) is 0 Å². The van der Waals surface area contributed by atoms with Crippen molar-refractivity contribution in [1.82, 2.24) is 4.31 Å². The van der Waals surface area contributed by atoms with E-state index in [0.29, 0.717) is 18.8 Å². The number of alkyl halides is 3. The molecule has 1 amide bonds. The molecule has 2 aromatic carbocycles. The molecule has 0 radical (unpaired) electrons. The standard InChI is InChI=1S/C19H19F3N2O4S/c1-13-2-3-14(12-17(13)29(26,27)24-8-10-28-11-9-24)18(25)23-16-6-4-15(5-7-16)19(20,21)22/h2-7,12H,8-11H2,1H3,(H,23,25). The third-order valence-corrected chi connectivity index (χ3v) is 6.55. The molecule has 1 aliphatic heterocycles. The van der Waals surface area contributed by atoms with Gasteiger partial charge < -0.3 is 10.1 Å². The van der Waals surface area contributed by atoms with E-state index in [9.17, 15) is 26.4 Å². The number of carbonyl (C=O) groups is 1. The number of anilines is 1. The van der Waals surface area contributed by atoms with Crippen LogP contribution in [0.4, 0.5) is 18.9 Å². The van der Waals surface area contributed by atoms with E-state index in [2.05, 4.69) is 5.32 Å². The van der Waals surface area contributed by atoms with E-state index >= 15 is 0 Å². The maximum Gasteiger partial charge on any atom is 0.416 e. The molecule has 0 bridgehead atoms. The smallest absolute Gasteiger partial charge is 0.379 e. The molecular weight excluding hydrogens is 409 g/mol. The van der Waals surface area contributed by atoms with Gasteiger partial charge in [-0.2, -0.15) is 17.5 Å². The number of benzene rings is 2. The number of aryl methyl sites for hydroxylation is 1. The molecule has 0 aliphatic carbocycles. The molecule has 0 aromatic heterocycles. The first kappa shape index (κ1) is 21.3. The fourth-order valence-corrected chi connectivity index (χ4v) is 4.55. The van der Waals surface area contributed by atoms with Gasteiger partial charge in [0.25, 0.3) is 5.91 Å². The molecule has 1 saturated heterocycles. The van der Waals surface area contributed by atoms with Crippen LogP contribution in [0.25, 0.3) is 0 Å². The molecule has 1 aliphatic rings. The van der Waals surface area contributed by atoms with Crippen LogP contribution in [0, 0.1) is 6.92 Å². The molecule has 0 saturated carbocycles. The van der Waals surface area contributed by atoms with Gasteiger partial charge in [0.2, 0.25) is 10.0 Å². The van der Waals surface area contributed by atoms with E-state index in [1.807, 2.05) is 0 Å². The molecule has 156 valence electrons. The summed E-state index contributed by atoms with van der Waals surface area (Å²) in [7, 11) is -3.80. The summed E-state index contributed by atoms with van der Waals surface area (Å²) in [5, 5.41) is 2.48. The van der Waals surface area contributed by atoms with E-state index in [1.165, 1.54) is 22.5 Å². The predicted molar refractivity (Wildman–Crippen MR) is 100 cm³/mol. The summed E-state index contributed by atoms with van der Waals surface area (Å²) in [6, 6.07) is 8.26. The molecule has 3 rings (SSSR count). The summed E-state index contributed by atoms with van der Waals surface area (Å²) in [6.07, 6.45) is -4.47. The number of morpholine rings is 1. The normalized spacial score (nSPS) is 15.9. The number of sulfonamides is 1. The number of amides is 1. The average molecular weight is 428 g/mol. The lowest BCUT2D eigenvalue weighted by atomic mass is 10.1. The lowest BCUT2D eigenvalue weighted by Gasteiger charge is -2.26. The Kier molecular flexibility index (Phi) is 5.97. The molecule has 0 spiro atoms. The Labute approximate surface area is 166 Å². The van der Waals surface area contributed by atoms with Gasteiger partial charge >= 0.3 is 6.18 Å². The summed E-state index contributed by atoms with van der Waals surface area (Å²) < 4.78 is 70.2. The van der Waals surface area contributed by atoms with Crippen LogP contribution in [0.3, 0.4) is 0 Å². The second-order valence-electron chi connectivity index (χ2n) is 6.53. The Morgan fingerprint density at radius 1 is 1.07 bits per heavy atom. The fourth-order valence-electron chi connectivity index (χ4n) is 2.89. The van der Waals surface area contributed by atoms with Gasteiger partial charge in [-0.3, -0.25) is 4.79 Å². The van der Waals surface area contributed by atoms with Crippen molar-refractivity contribution in [3.63, 3.8) is 0 Å². The first-order valence-corrected chi connectivity index (χ1v) is 10.2. The third-order valence-electron chi connectivity index (χ3n) is 4.51. The monoisotopic (exact) mass is 428 g/mol. The van der Waals surface area contributed by atoms with Crippen molar-refractivity contribution in [2.45, 2.75) is 18.0 Å².